The summed E-state index contributed by atoms with van der Waals surface area (Å²) in [6.45, 7) is 4.42. The zero-order chi connectivity index (χ0) is 19.2. The van der Waals surface area contributed by atoms with Crippen LogP contribution in [0, 0.1) is 13.8 Å². The van der Waals surface area contributed by atoms with Gasteiger partial charge in [0.1, 0.15) is 12.2 Å². The van der Waals surface area contributed by atoms with Crippen molar-refractivity contribution in [2.75, 3.05) is 12.3 Å². The number of hydrogen-bond acceptors (Lipinski definition) is 6. The summed E-state index contributed by atoms with van der Waals surface area (Å²) in [5.74, 6) is 0.518. The number of aryl methyl sites for hydroxylation is 2. The highest BCUT2D eigenvalue weighted by Crippen LogP contribution is 2.23. The lowest BCUT2D eigenvalue weighted by atomic mass is 10.1. The molecule has 0 bridgehead atoms. The van der Waals surface area contributed by atoms with Gasteiger partial charge in [-0.05, 0) is 25.0 Å². The largest absolute Gasteiger partial charge is 0.382 e. The van der Waals surface area contributed by atoms with Crippen LogP contribution >= 0.6 is 0 Å². The molecule has 3 rings (SSSR count). The zero-order valence-electron chi connectivity index (χ0n) is 15.3. The van der Waals surface area contributed by atoms with Crippen LogP contribution < -0.4 is 11.1 Å². The molecular weight excluding hydrogens is 342 g/mol. The fourth-order valence-corrected chi connectivity index (χ4v) is 2.66. The molecule has 8 heteroatoms. The average molecular weight is 363 g/mol. The van der Waals surface area contributed by atoms with E-state index < -0.39 is 0 Å². The van der Waals surface area contributed by atoms with E-state index in [0.29, 0.717) is 13.0 Å². The maximum Gasteiger partial charge on any atom is 0.273 e. The monoisotopic (exact) mass is 363 g/mol. The molecule has 0 spiro atoms. The molecule has 27 heavy (non-hydrogen) atoms. The van der Waals surface area contributed by atoms with Gasteiger partial charge < -0.3 is 11.1 Å². The lowest BCUT2D eigenvalue weighted by molar-refractivity contribution is 0.0950. The number of nitrogens with two attached hydrogens (primary N) is 1. The van der Waals surface area contributed by atoms with Gasteiger partial charge in [0.05, 0.1) is 5.69 Å². The molecule has 2 heterocycles. The van der Waals surface area contributed by atoms with Crippen molar-refractivity contribution >= 4 is 23.2 Å². The van der Waals surface area contributed by atoms with E-state index in [9.17, 15) is 4.79 Å². The predicted octanol–water partition coefficient (Wildman–Crippen LogP) is 2.27. The minimum absolute atomic E-state index is 0.106. The summed E-state index contributed by atoms with van der Waals surface area (Å²) in [4.78, 5) is 29.0. The molecule has 0 aliphatic carbocycles. The van der Waals surface area contributed by atoms with E-state index in [4.69, 9.17) is 10.7 Å². The lowest BCUT2D eigenvalue weighted by Gasteiger charge is -2.11. The summed E-state index contributed by atoms with van der Waals surface area (Å²) in [7, 11) is 0. The molecule has 0 fully saturated rings. The molecule has 0 saturated carbocycles. The van der Waals surface area contributed by atoms with E-state index >= 15 is 0 Å². The lowest BCUT2D eigenvalue weighted by Crippen LogP contribution is -2.29. The maximum atomic E-state index is 12.2. The first-order valence-electron chi connectivity index (χ1n) is 8.53. The normalized spacial score (nSPS) is 11.4. The van der Waals surface area contributed by atoms with Crippen molar-refractivity contribution < 1.29 is 4.79 Å². The van der Waals surface area contributed by atoms with Gasteiger partial charge in [0.15, 0.2) is 11.5 Å². The van der Waals surface area contributed by atoms with Gasteiger partial charge in [-0.2, -0.15) is 0 Å². The van der Waals surface area contributed by atoms with Gasteiger partial charge in [-0.15, -0.1) is 0 Å². The summed E-state index contributed by atoms with van der Waals surface area (Å²) in [6.07, 6.45) is 8.60. The molecule has 8 nitrogen and oxygen atoms in total. The molecule has 0 radical (unpaired) electrons. The van der Waals surface area contributed by atoms with Crippen molar-refractivity contribution in [1.29, 1.82) is 0 Å². The zero-order valence-corrected chi connectivity index (χ0v) is 15.3. The van der Waals surface area contributed by atoms with Crippen LogP contribution in [0.4, 0.5) is 11.5 Å². The molecule has 1 amide bonds. The van der Waals surface area contributed by atoms with Gasteiger partial charge in [0, 0.05) is 37.8 Å². The number of imidazole rings is 1. The van der Waals surface area contributed by atoms with E-state index in [1.165, 1.54) is 12.4 Å². The number of carbonyl (C=O) groups excluding carboxylic acids is 1. The summed E-state index contributed by atoms with van der Waals surface area (Å²) in [5, 5.41) is 2.81. The molecule has 3 aromatic rings. The highest BCUT2D eigenvalue weighted by Gasteiger charge is 2.12. The third-order valence-electron chi connectivity index (χ3n) is 4.06. The molecule has 0 atom stereocenters. The fraction of sp³-hybridized carbons (Fsp3) is 0.211. The second kappa shape index (κ2) is 8.22. The Kier molecular flexibility index (Phi) is 5.55. The van der Waals surface area contributed by atoms with Gasteiger partial charge in [-0.1, -0.05) is 18.2 Å². The van der Waals surface area contributed by atoms with Crippen LogP contribution in [0.2, 0.25) is 0 Å². The fourth-order valence-electron chi connectivity index (χ4n) is 2.66. The number of nitrogens with zero attached hydrogens (tertiary/aromatic N) is 5. The molecule has 0 aliphatic rings. The summed E-state index contributed by atoms with van der Waals surface area (Å²) < 4.78 is 1.84. The number of rotatable bonds is 5. The van der Waals surface area contributed by atoms with Crippen LogP contribution in [0.1, 0.15) is 28.0 Å². The van der Waals surface area contributed by atoms with E-state index in [0.717, 1.165) is 22.6 Å². The van der Waals surface area contributed by atoms with Crippen LogP contribution in [-0.2, 0) is 0 Å². The van der Waals surface area contributed by atoms with Crippen LogP contribution in [0.3, 0.4) is 0 Å². The van der Waals surface area contributed by atoms with Gasteiger partial charge >= 0.3 is 0 Å². The third kappa shape index (κ3) is 4.35. The minimum Gasteiger partial charge on any atom is -0.382 e. The summed E-state index contributed by atoms with van der Waals surface area (Å²) >= 11 is 0. The Balaban J connectivity index is 1.77. The number of nitrogen functional groups attached to an aromatic ring is 1. The Labute approximate surface area is 157 Å². The Bertz CT molecular complexity index is 944. The van der Waals surface area contributed by atoms with Crippen LogP contribution in [-0.4, -0.2) is 37.8 Å². The Morgan fingerprint density at radius 2 is 1.93 bits per heavy atom. The van der Waals surface area contributed by atoms with E-state index in [1.807, 2.05) is 42.8 Å². The van der Waals surface area contributed by atoms with Crippen molar-refractivity contribution in [2.24, 2.45) is 4.99 Å². The Hall–Kier alpha value is -3.55. The van der Waals surface area contributed by atoms with E-state index in [1.54, 1.807) is 12.5 Å². The molecule has 2 aromatic heterocycles. The molecule has 1 aromatic carbocycles. The topological polar surface area (TPSA) is 111 Å². The van der Waals surface area contributed by atoms with Crippen molar-refractivity contribution in [3.63, 3.8) is 0 Å². The second-order valence-electron chi connectivity index (χ2n) is 6.03. The first-order valence-corrected chi connectivity index (χ1v) is 8.53. The number of anilines is 1. The van der Waals surface area contributed by atoms with Crippen LogP contribution in [0.25, 0.3) is 0 Å². The van der Waals surface area contributed by atoms with Crippen molar-refractivity contribution in [3.05, 3.63) is 66.1 Å². The first kappa shape index (κ1) is 18.2. The molecule has 0 saturated heterocycles. The number of carbonyl (C=O) groups is 1. The summed E-state index contributed by atoms with van der Waals surface area (Å²) in [5.41, 5.74) is 8.91. The number of amides is 1. The molecule has 0 unspecified atom stereocenters. The number of aromatic nitrogens is 4. The van der Waals surface area contributed by atoms with Gasteiger partial charge in [0.25, 0.3) is 5.91 Å². The second-order valence-corrected chi connectivity index (χ2v) is 6.03. The number of benzene rings is 1. The van der Waals surface area contributed by atoms with E-state index in [2.05, 4.69) is 20.3 Å². The van der Waals surface area contributed by atoms with Crippen molar-refractivity contribution in [3.8, 4) is 0 Å². The number of hydrogen-bond donors (Lipinski definition) is 2. The van der Waals surface area contributed by atoms with Crippen molar-refractivity contribution in [1.82, 2.24) is 24.8 Å². The molecule has 0 aliphatic heterocycles. The predicted molar refractivity (Wildman–Crippen MR) is 104 cm³/mol. The maximum absolute atomic E-state index is 12.2. The highest BCUT2D eigenvalue weighted by atomic mass is 16.1. The molecule has 3 N–H and O–H groups in total. The van der Waals surface area contributed by atoms with Gasteiger partial charge in [-0.25, -0.2) is 19.9 Å². The minimum atomic E-state index is -0.363. The summed E-state index contributed by atoms with van der Waals surface area (Å²) in [6, 6.07) is 6.05. The number of para-hydroxylation sites is 1. The Morgan fingerprint density at radius 1 is 1.19 bits per heavy atom. The quantitative estimate of drug-likeness (QED) is 0.533. The van der Waals surface area contributed by atoms with Crippen LogP contribution in [0.5, 0.6) is 0 Å². The average Bonchev–Trinajstić information content (AvgIpc) is 3.18. The number of nitrogens with one attached hydrogen (secondary N) is 1. The molecular formula is C19H21N7O. The van der Waals surface area contributed by atoms with Gasteiger partial charge in [-0.3, -0.25) is 9.36 Å². The van der Waals surface area contributed by atoms with Gasteiger partial charge in [0.2, 0.25) is 0 Å². The molecule has 138 valence electrons. The first-order chi connectivity index (χ1) is 13.1. The van der Waals surface area contributed by atoms with E-state index in [-0.39, 0.29) is 17.4 Å². The smallest absolute Gasteiger partial charge is 0.273 e. The van der Waals surface area contributed by atoms with Crippen LogP contribution in [0.15, 0.2) is 54.3 Å². The highest BCUT2D eigenvalue weighted by molar-refractivity contribution is 5.96. The Morgan fingerprint density at radius 3 is 2.59 bits per heavy atom. The van der Waals surface area contributed by atoms with Crippen molar-refractivity contribution in [2.45, 2.75) is 20.3 Å². The SMILES string of the molecule is Cc1cccc(C)c1/N=C(\CCNC(=O)c1nccnc1N)n1ccnc1. The third-order valence-corrected chi connectivity index (χ3v) is 4.06. The standard InChI is InChI=1S/C19H21N7O/c1-13-4-3-5-14(2)16(13)25-15(26-11-10-21-12-26)6-7-24-19(27)17-18(20)23-9-8-22-17/h3-5,8-12H,6-7H2,1-2H3,(H2,20,23)(H,24,27)/b25-15+. The number of aliphatic imine (C=N–C) groups is 1.